The van der Waals surface area contributed by atoms with Gasteiger partial charge in [0.15, 0.2) is 6.61 Å². The number of nitrogens with one attached hydrogen (secondary N) is 1. The lowest BCUT2D eigenvalue weighted by Gasteiger charge is -2.26. The van der Waals surface area contributed by atoms with Gasteiger partial charge in [-0.25, -0.2) is 13.2 Å². The molecule has 1 aromatic carbocycles. The van der Waals surface area contributed by atoms with E-state index in [0.717, 1.165) is 12.8 Å². The van der Waals surface area contributed by atoms with Gasteiger partial charge in [-0.1, -0.05) is 24.9 Å². The number of carbonyl (C=O) groups excluding carboxylic acids is 2. The second-order valence-electron chi connectivity index (χ2n) is 5.94. The summed E-state index contributed by atoms with van der Waals surface area (Å²) in [5.41, 5.74) is -0.104. The molecule has 27 heavy (non-hydrogen) atoms. The molecule has 10 heteroatoms. The van der Waals surface area contributed by atoms with Crippen molar-refractivity contribution >= 4 is 33.5 Å². The second-order valence-corrected chi connectivity index (χ2v) is 8.28. The van der Waals surface area contributed by atoms with E-state index >= 15 is 0 Å². The first-order valence-corrected chi connectivity index (χ1v) is 10.5. The summed E-state index contributed by atoms with van der Waals surface area (Å²) in [4.78, 5) is 23.8. The minimum Gasteiger partial charge on any atom is -0.452 e. The molecule has 0 aromatic heterocycles. The van der Waals surface area contributed by atoms with Crippen LogP contribution in [0, 0.1) is 0 Å². The molecule has 0 spiro atoms. The molecule has 0 unspecified atom stereocenters. The van der Waals surface area contributed by atoms with E-state index in [1.807, 2.05) is 6.92 Å². The first kappa shape index (κ1) is 21.6. The Morgan fingerprint density at radius 2 is 2.00 bits per heavy atom. The van der Waals surface area contributed by atoms with Crippen molar-refractivity contribution in [3.05, 3.63) is 28.8 Å². The van der Waals surface area contributed by atoms with Gasteiger partial charge in [0.05, 0.1) is 28.7 Å². The fourth-order valence-corrected chi connectivity index (χ4v) is 4.05. The first-order valence-electron chi connectivity index (χ1n) is 8.67. The molecule has 150 valence electrons. The topological polar surface area (TPSA) is 102 Å². The van der Waals surface area contributed by atoms with E-state index in [1.165, 1.54) is 22.5 Å². The number of nitrogens with zero attached hydrogens (tertiary/aromatic N) is 1. The van der Waals surface area contributed by atoms with Gasteiger partial charge in [0.2, 0.25) is 10.0 Å². The van der Waals surface area contributed by atoms with Gasteiger partial charge < -0.3 is 14.8 Å². The number of rotatable bonds is 8. The summed E-state index contributed by atoms with van der Waals surface area (Å²) in [7, 11) is -3.77. The molecule has 1 N–H and O–H groups in total. The zero-order valence-electron chi connectivity index (χ0n) is 15.1. The van der Waals surface area contributed by atoms with Gasteiger partial charge in [-0.05, 0) is 24.6 Å². The molecule has 1 aliphatic heterocycles. The monoisotopic (exact) mass is 418 g/mol. The lowest BCUT2D eigenvalue weighted by Crippen LogP contribution is -2.40. The number of hydrogen-bond acceptors (Lipinski definition) is 6. The number of halogens is 1. The Bertz CT molecular complexity index is 778. The highest BCUT2D eigenvalue weighted by molar-refractivity contribution is 7.89. The summed E-state index contributed by atoms with van der Waals surface area (Å²) in [5.74, 6) is -1.28. The van der Waals surface area contributed by atoms with Crippen LogP contribution in [-0.4, -0.2) is 64.1 Å². The summed E-state index contributed by atoms with van der Waals surface area (Å²) in [5, 5.41) is 2.67. The van der Waals surface area contributed by atoms with Crippen LogP contribution in [0.1, 0.15) is 30.1 Å². The summed E-state index contributed by atoms with van der Waals surface area (Å²) in [6.07, 6.45) is 1.76. The van der Waals surface area contributed by atoms with Crippen molar-refractivity contribution in [2.75, 3.05) is 39.5 Å². The molecule has 0 bridgehead atoms. The van der Waals surface area contributed by atoms with Crippen molar-refractivity contribution in [1.29, 1.82) is 0 Å². The van der Waals surface area contributed by atoms with Gasteiger partial charge in [-0.15, -0.1) is 0 Å². The zero-order chi connectivity index (χ0) is 19.9. The molecule has 1 heterocycles. The summed E-state index contributed by atoms with van der Waals surface area (Å²) in [6.45, 7) is 3.14. The van der Waals surface area contributed by atoms with Crippen molar-refractivity contribution in [1.82, 2.24) is 9.62 Å². The van der Waals surface area contributed by atoms with E-state index in [1.54, 1.807) is 0 Å². The van der Waals surface area contributed by atoms with Crippen molar-refractivity contribution in [2.45, 2.75) is 24.7 Å². The van der Waals surface area contributed by atoms with Crippen molar-refractivity contribution in [3.63, 3.8) is 0 Å². The normalized spacial score (nSPS) is 15.3. The third kappa shape index (κ3) is 5.90. The largest absolute Gasteiger partial charge is 0.452 e. The Morgan fingerprint density at radius 1 is 1.30 bits per heavy atom. The van der Waals surface area contributed by atoms with Gasteiger partial charge in [0.1, 0.15) is 0 Å². The minimum atomic E-state index is -3.77. The Hall–Kier alpha value is -1.68. The molecular weight excluding hydrogens is 396 g/mol. The number of hydrogen-bond donors (Lipinski definition) is 1. The number of unbranched alkanes of at least 4 members (excludes halogenated alkanes) is 1. The number of esters is 1. The summed E-state index contributed by atoms with van der Waals surface area (Å²) in [6, 6.07) is 3.83. The predicted octanol–water partition coefficient (Wildman–Crippen LogP) is 1.43. The highest BCUT2D eigenvalue weighted by Gasteiger charge is 2.28. The van der Waals surface area contributed by atoms with Crippen molar-refractivity contribution in [3.8, 4) is 0 Å². The van der Waals surface area contributed by atoms with Gasteiger partial charge in [0, 0.05) is 19.6 Å². The van der Waals surface area contributed by atoms with Crippen LogP contribution in [0.4, 0.5) is 0 Å². The molecule has 1 aliphatic rings. The van der Waals surface area contributed by atoms with Crippen LogP contribution in [0.5, 0.6) is 0 Å². The highest BCUT2D eigenvalue weighted by Crippen LogP contribution is 2.24. The Kier molecular flexibility index (Phi) is 8.03. The number of benzene rings is 1. The quantitative estimate of drug-likeness (QED) is 0.506. The van der Waals surface area contributed by atoms with Gasteiger partial charge >= 0.3 is 5.97 Å². The molecule has 1 amide bonds. The van der Waals surface area contributed by atoms with Crippen LogP contribution in [0.3, 0.4) is 0 Å². The fraction of sp³-hybridized carbons (Fsp3) is 0.529. The fourth-order valence-electron chi connectivity index (χ4n) is 2.42. The molecular formula is C17H23ClN2O6S. The van der Waals surface area contributed by atoms with E-state index in [9.17, 15) is 18.0 Å². The third-order valence-electron chi connectivity index (χ3n) is 3.95. The number of amides is 1. The highest BCUT2D eigenvalue weighted by atomic mass is 35.5. The average Bonchev–Trinajstić information content (AvgIpc) is 2.67. The number of morpholine rings is 1. The SMILES string of the molecule is CCCCNC(=O)COC(=O)c1cc(S(=O)(=O)N2CCOCC2)ccc1Cl. The second kappa shape index (κ2) is 10.0. The Labute approximate surface area is 163 Å². The van der Waals surface area contributed by atoms with Crippen LogP contribution in [0.15, 0.2) is 23.1 Å². The van der Waals surface area contributed by atoms with Crippen LogP contribution in [0.25, 0.3) is 0 Å². The van der Waals surface area contributed by atoms with Crippen molar-refractivity contribution < 1.29 is 27.5 Å². The molecule has 1 saturated heterocycles. The van der Waals surface area contributed by atoms with Gasteiger partial charge in [-0.2, -0.15) is 4.31 Å². The van der Waals surface area contributed by atoms with E-state index in [2.05, 4.69) is 5.32 Å². The summed E-state index contributed by atoms with van der Waals surface area (Å²) >= 11 is 6.01. The van der Waals surface area contributed by atoms with Crippen LogP contribution < -0.4 is 5.32 Å². The average molecular weight is 419 g/mol. The minimum absolute atomic E-state index is 0.0484. The zero-order valence-corrected chi connectivity index (χ0v) is 16.6. The molecule has 8 nitrogen and oxygen atoms in total. The van der Waals surface area contributed by atoms with Crippen LogP contribution in [0.2, 0.25) is 5.02 Å². The Balaban J connectivity index is 2.07. The van der Waals surface area contributed by atoms with Crippen molar-refractivity contribution in [2.24, 2.45) is 0 Å². The number of carbonyl (C=O) groups is 2. The molecule has 1 aromatic rings. The Morgan fingerprint density at radius 3 is 2.67 bits per heavy atom. The lowest BCUT2D eigenvalue weighted by atomic mass is 10.2. The lowest BCUT2D eigenvalue weighted by molar-refractivity contribution is -0.124. The maximum absolute atomic E-state index is 12.7. The van der Waals surface area contributed by atoms with Crippen LogP contribution in [-0.2, 0) is 24.3 Å². The molecule has 0 saturated carbocycles. The molecule has 0 atom stereocenters. The standard InChI is InChI=1S/C17H23ClN2O6S/c1-2-3-6-19-16(21)12-26-17(22)14-11-13(4-5-15(14)18)27(23,24)20-7-9-25-10-8-20/h4-5,11H,2-3,6-10,12H2,1H3,(H,19,21). The number of sulfonamides is 1. The number of ether oxygens (including phenoxy) is 2. The maximum atomic E-state index is 12.7. The molecule has 1 fully saturated rings. The van der Waals surface area contributed by atoms with Gasteiger partial charge in [0.25, 0.3) is 5.91 Å². The molecule has 2 rings (SSSR count). The first-order chi connectivity index (χ1) is 12.9. The third-order valence-corrected chi connectivity index (χ3v) is 6.18. The molecule has 0 radical (unpaired) electrons. The van der Waals surface area contributed by atoms with E-state index in [0.29, 0.717) is 19.8 Å². The van der Waals surface area contributed by atoms with Gasteiger partial charge in [-0.3, -0.25) is 4.79 Å². The smallest absolute Gasteiger partial charge is 0.340 e. The van der Waals surface area contributed by atoms with E-state index < -0.39 is 28.5 Å². The predicted molar refractivity (Wildman–Crippen MR) is 99.2 cm³/mol. The van der Waals surface area contributed by atoms with E-state index in [4.69, 9.17) is 21.1 Å². The maximum Gasteiger partial charge on any atom is 0.340 e. The van der Waals surface area contributed by atoms with E-state index in [-0.39, 0.29) is 28.6 Å². The summed E-state index contributed by atoms with van der Waals surface area (Å²) < 4.78 is 36.8. The molecule has 0 aliphatic carbocycles. The van der Waals surface area contributed by atoms with Crippen LogP contribution >= 0.6 is 11.6 Å².